The van der Waals surface area contributed by atoms with E-state index in [0.29, 0.717) is 5.92 Å². The summed E-state index contributed by atoms with van der Waals surface area (Å²) in [6, 6.07) is 0. The van der Waals surface area contributed by atoms with Gasteiger partial charge >= 0.3 is 0 Å². The molecule has 1 aromatic carbocycles. The van der Waals surface area contributed by atoms with E-state index in [-0.39, 0.29) is 0 Å². The van der Waals surface area contributed by atoms with Crippen LogP contribution in [0.5, 0.6) is 0 Å². The Morgan fingerprint density at radius 3 is 1.76 bits per heavy atom. The molecule has 0 bridgehead atoms. The lowest BCUT2D eigenvalue weighted by atomic mass is 9.96. The standard InChI is InChI=1S/C10H11N5S2/c1-4(2)5-6-9(14-16-12-6)8(11-3)10-7(5)13-17-15-10/h4,11H,1-3H3. The van der Waals surface area contributed by atoms with E-state index in [1.807, 2.05) is 7.05 Å². The highest BCUT2D eigenvalue weighted by Gasteiger charge is 2.27. The smallest absolute Gasteiger partial charge is 0.130 e. The van der Waals surface area contributed by atoms with Crippen LogP contribution in [0.1, 0.15) is 25.3 Å². The van der Waals surface area contributed by atoms with Crippen molar-refractivity contribution in [3.05, 3.63) is 5.56 Å². The van der Waals surface area contributed by atoms with Gasteiger partial charge in [-0.2, -0.15) is 17.5 Å². The minimum Gasteiger partial charge on any atom is -0.384 e. The molecule has 1 N–H and O–H groups in total. The maximum Gasteiger partial charge on any atom is 0.130 e. The van der Waals surface area contributed by atoms with Gasteiger partial charge in [-0.1, -0.05) is 13.8 Å². The van der Waals surface area contributed by atoms with Gasteiger partial charge in [0.25, 0.3) is 0 Å². The molecule has 2 heterocycles. The van der Waals surface area contributed by atoms with E-state index in [4.69, 9.17) is 0 Å². The molecule has 17 heavy (non-hydrogen) atoms. The van der Waals surface area contributed by atoms with E-state index >= 15 is 0 Å². The lowest BCUT2D eigenvalue weighted by Crippen LogP contribution is -1.94. The third-order valence-corrected chi connectivity index (χ3v) is 3.85. The third kappa shape index (κ3) is 1.42. The lowest BCUT2D eigenvalue weighted by Gasteiger charge is -2.15. The van der Waals surface area contributed by atoms with Crippen LogP contribution in [-0.2, 0) is 22.7 Å². The zero-order valence-electron chi connectivity index (χ0n) is 9.68. The monoisotopic (exact) mass is 265 g/mol. The van der Waals surface area contributed by atoms with E-state index in [1.54, 1.807) is 0 Å². The first-order valence-corrected chi connectivity index (χ1v) is 6.78. The van der Waals surface area contributed by atoms with Crippen molar-refractivity contribution in [1.82, 2.24) is 0 Å². The number of hydrogen-bond acceptors (Lipinski definition) is 5. The Morgan fingerprint density at radius 1 is 0.882 bits per heavy atom. The molecular formula is C10H11N5S2. The molecule has 5 nitrogen and oxygen atoms in total. The summed E-state index contributed by atoms with van der Waals surface area (Å²) in [5.41, 5.74) is 5.80. The van der Waals surface area contributed by atoms with Gasteiger partial charge in [0.1, 0.15) is 22.7 Å². The topological polar surface area (TPSA) is 61.5 Å². The van der Waals surface area contributed by atoms with E-state index in [9.17, 15) is 0 Å². The van der Waals surface area contributed by atoms with Crippen LogP contribution in [0.4, 0.5) is 28.4 Å². The van der Waals surface area contributed by atoms with Crippen LogP contribution in [0.15, 0.2) is 17.5 Å². The zero-order valence-corrected chi connectivity index (χ0v) is 11.3. The molecule has 7 heteroatoms. The molecule has 3 rings (SSSR count). The molecule has 0 saturated carbocycles. The zero-order chi connectivity index (χ0) is 12.0. The van der Waals surface area contributed by atoms with Gasteiger partial charge in [-0.25, -0.2) is 0 Å². The Hall–Kier alpha value is -1.34. The van der Waals surface area contributed by atoms with E-state index in [1.165, 1.54) is 22.7 Å². The predicted molar refractivity (Wildman–Crippen MR) is 73.2 cm³/mol. The molecule has 0 radical (unpaired) electrons. The van der Waals surface area contributed by atoms with E-state index in [0.717, 1.165) is 34.0 Å². The Kier molecular flexibility index (Phi) is 2.44. The van der Waals surface area contributed by atoms with Crippen LogP contribution in [0.25, 0.3) is 0 Å². The van der Waals surface area contributed by atoms with Crippen LogP contribution in [-0.4, -0.2) is 7.05 Å². The maximum atomic E-state index is 4.41. The van der Waals surface area contributed by atoms with E-state index < -0.39 is 0 Å². The molecule has 0 aromatic heterocycles. The highest BCUT2D eigenvalue weighted by molar-refractivity contribution is 7.58. The fourth-order valence-corrected chi connectivity index (χ4v) is 3.20. The van der Waals surface area contributed by atoms with Crippen molar-refractivity contribution in [3.8, 4) is 0 Å². The summed E-state index contributed by atoms with van der Waals surface area (Å²) in [6.45, 7) is 4.29. The molecule has 2 aliphatic rings. The normalized spacial score (nSPS) is 14.6. The van der Waals surface area contributed by atoms with Crippen molar-refractivity contribution in [1.29, 1.82) is 0 Å². The lowest BCUT2D eigenvalue weighted by molar-refractivity contribution is 0.869. The summed E-state index contributed by atoms with van der Waals surface area (Å²) in [6.07, 6.45) is 0. The number of nitrogens with one attached hydrogen (secondary N) is 1. The maximum absolute atomic E-state index is 4.41. The SMILES string of the molecule is CNc1c2c(c(C(C)C)c3c1N=S=N3)N=S=N2. The molecule has 1 aromatic rings. The van der Waals surface area contributed by atoms with Crippen LogP contribution < -0.4 is 5.32 Å². The Morgan fingerprint density at radius 2 is 1.35 bits per heavy atom. The second kappa shape index (κ2) is 3.85. The second-order valence-electron chi connectivity index (χ2n) is 4.12. The Labute approximate surface area is 106 Å². The molecule has 88 valence electrons. The minimum absolute atomic E-state index is 0.360. The molecular weight excluding hydrogens is 254 g/mol. The molecule has 0 amide bonds. The van der Waals surface area contributed by atoms with Gasteiger partial charge in [0.15, 0.2) is 0 Å². The molecule has 0 aliphatic carbocycles. The second-order valence-corrected chi connectivity index (χ2v) is 5.17. The number of nitrogens with zero attached hydrogens (tertiary/aromatic N) is 4. The van der Waals surface area contributed by atoms with Gasteiger partial charge in [-0.05, 0) is 5.92 Å². The Balaban J connectivity index is 2.41. The van der Waals surface area contributed by atoms with Gasteiger partial charge in [-0.3, -0.25) is 0 Å². The minimum atomic E-state index is 0.360. The number of fused-ring (bicyclic) bond motifs is 2. The molecule has 0 spiro atoms. The average Bonchev–Trinajstić information content (AvgIpc) is 2.92. The summed E-state index contributed by atoms with van der Waals surface area (Å²) in [7, 11) is 1.88. The van der Waals surface area contributed by atoms with Crippen molar-refractivity contribution in [3.63, 3.8) is 0 Å². The molecule has 0 fully saturated rings. The first kappa shape index (κ1) is 10.8. The van der Waals surface area contributed by atoms with Gasteiger partial charge in [-0.15, -0.1) is 0 Å². The van der Waals surface area contributed by atoms with Crippen molar-refractivity contribution in [2.75, 3.05) is 12.4 Å². The Bertz CT molecular complexity index is 600. The number of anilines is 1. The van der Waals surface area contributed by atoms with Crippen LogP contribution in [0, 0.1) is 0 Å². The van der Waals surface area contributed by atoms with Gasteiger partial charge < -0.3 is 5.32 Å². The van der Waals surface area contributed by atoms with Gasteiger partial charge in [0, 0.05) is 12.6 Å². The van der Waals surface area contributed by atoms with Gasteiger partial charge in [0.2, 0.25) is 0 Å². The van der Waals surface area contributed by atoms with Crippen LogP contribution in [0.2, 0.25) is 0 Å². The third-order valence-electron chi connectivity index (χ3n) is 2.79. The number of hydrogen-bond donors (Lipinski definition) is 1. The van der Waals surface area contributed by atoms with Crippen LogP contribution >= 0.6 is 0 Å². The van der Waals surface area contributed by atoms with Crippen molar-refractivity contribution < 1.29 is 0 Å². The molecule has 0 atom stereocenters. The number of rotatable bonds is 2. The van der Waals surface area contributed by atoms with E-state index in [2.05, 4.69) is 36.6 Å². The predicted octanol–water partition coefficient (Wildman–Crippen LogP) is 4.30. The molecule has 2 aliphatic heterocycles. The van der Waals surface area contributed by atoms with Crippen molar-refractivity contribution in [2.24, 2.45) is 17.5 Å². The van der Waals surface area contributed by atoms with Crippen molar-refractivity contribution in [2.45, 2.75) is 19.8 Å². The highest BCUT2D eigenvalue weighted by atomic mass is 32.1. The first-order chi connectivity index (χ1) is 8.24. The van der Waals surface area contributed by atoms with Crippen LogP contribution in [0.3, 0.4) is 0 Å². The summed E-state index contributed by atoms with van der Waals surface area (Å²) in [5, 5.41) is 3.16. The van der Waals surface area contributed by atoms with Gasteiger partial charge in [0.05, 0.1) is 28.4 Å². The fraction of sp³-hybridized carbons (Fsp3) is 0.400. The summed E-state index contributed by atoms with van der Waals surface area (Å²) in [5.74, 6) is 0.360. The fourth-order valence-electron chi connectivity index (χ4n) is 2.07. The summed E-state index contributed by atoms with van der Waals surface area (Å²) < 4.78 is 17.5. The summed E-state index contributed by atoms with van der Waals surface area (Å²) in [4.78, 5) is 0. The molecule has 0 saturated heterocycles. The summed E-state index contributed by atoms with van der Waals surface area (Å²) >= 11 is 2.47. The quantitative estimate of drug-likeness (QED) is 0.737. The highest BCUT2D eigenvalue weighted by Crippen LogP contribution is 2.56. The average molecular weight is 265 g/mol. The number of benzene rings is 1. The van der Waals surface area contributed by atoms with Crippen molar-refractivity contribution >= 4 is 51.1 Å². The molecule has 0 unspecified atom stereocenters. The first-order valence-electron chi connectivity index (χ1n) is 5.32. The largest absolute Gasteiger partial charge is 0.384 e.